The van der Waals surface area contributed by atoms with Crippen LogP contribution >= 0.6 is 0 Å². The molecule has 2 aliphatic heterocycles. The van der Waals surface area contributed by atoms with Crippen molar-refractivity contribution in [1.29, 1.82) is 0 Å². The van der Waals surface area contributed by atoms with Crippen LogP contribution in [0.25, 0.3) is 0 Å². The highest BCUT2D eigenvalue weighted by Gasteiger charge is 2.30. The number of hydrogen-bond acceptors (Lipinski definition) is 5. The molecule has 23 heavy (non-hydrogen) atoms. The van der Waals surface area contributed by atoms with E-state index in [-0.39, 0.29) is 17.6 Å². The molecule has 7 heteroatoms. The third kappa shape index (κ3) is 3.61. The number of fused-ring (bicyclic) bond motifs is 1. The van der Waals surface area contributed by atoms with Gasteiger partial charge in [0, 0.05) is 32.3 Å². The first-order valence-electron chi connectivity index (χ1n) is 8.19. The van der Waals surface area contributed by atoms with Crippen molar-refractivity contribution in [2.24, 2.45) is 0 Å². The van der Waals surface area contributed by atoms with Crippen LogP contribution in [-0.2, 0) is 29.2 Å². The molecule has 1 saturated heterocycles. The number of hydrogen-bond donors (Lipinski definition) is 0. The molecule has 1 fully saturated rings. The summed E-state index contributed by atoms with van der Waals surface area (Å²) < 4.78 is 7.21. The van der Waals surface area contributed by atoms with Gasteiger partial charge in [-0.2, -0.15) is 0 Å². The van der Waals surface area contributed by atoms with E-state index in [1.54, 1.807) is 15.5 Å². The maximum absolute atomic E-state index is 12.6. The van der Waals surface area contributed by atoms with E-state index in [0.717, 1.165) is 25.0 Å². The first kappa shape index (κ1) is 16.1. The quantitative estimate of drug-likeness (QED) is 0.797. The molecule has 2 aliphatic rings. The fraction of sp³-hybridized carbons (Fsp3) is 0.688. The van der Waals surface area contributed by atoms with Gasteiger partial charge in [-0.3, -0.25) is 14.2 Å². The predicted molar refractivity (Wildman–Crippen MR) is 84.9 cm³/mol. The zero-order valence-corrected chi connectivity index (χ0v) is 13.8. The van der Waals surface area contributed by atoms with Crippen LogP contribution in [-0.4, -0.2) is 58.6 Å². The Morgan fingerprint density at radius 2 is 2.22 bits per heavy atom. The number of amides is 1. The Labute approximate surface area is 135 Å². The molecule has 3 rings (SSSR count). The molecule has 0 saturated carbocycles. The van der Waals surface area contributed by atoms with E-state index >= 15 is 0 Å². The SMILES string of the molecule is CN(C)Cc1cc(=O)n2c(n1)CN(C(=O)[C@@H]1CCCO1)CCC2. The Kier molecular flexibility index (Phi) is 4.77. The average molecular weight is 320 g/mol. The first-order valence-corrected chi connectivity index (χ1v) is 8.19. The van der Waals surface area contributed by atoms with E-state index in [9.17, 15) is 9.59 Å². The topological polar surface area (TPSA) is 67.7 Å². The summed E-state index contributed by atoms with van der Waals surface area (Å²) in [7, 11) is 3.89. The number of rotatable bonds is 3. The number of ether oxygens (including phenoxy) is 1. The van der Waals surface area contributed by atoms with Crippen LogP contribution < -0.4 is 5.56 Å². The standard InChI is InChI=1S/C16H24N4O3/c1-18(2)10-12-9-15(21)20-7-4-6-19(11-14(20)17-12)16(22)13-5-3-8-23-13/h9,13H,3-8,10-11H2,1-2H3/t13-/m0/s1. The lowest BCUT2D eigenvalue weighted by Crippen LogP contribution is -2.39. The van der Waals surface area contributed by atoms with Crippen LogP contribution in [0.1, 0.15) is 30.8 Å². The zero-order valence-electron chi connectivity index (χ0n) is 13.8. The summed E-state index contributed by atoms with van der Waals surface area (Å²) in [6.07, 6.45) is 2.17. The fourth-order valence-corrected chi connectivity index (χ4v) is 3.20. The molecule has 0 radical (unpaired) electrons. The van der Waals surface area contributed by atoms with Crippen molar-refractivity contribution in [2.45, 2.75) is 45.0 Å². The molecule has 0 aliphatic carbocycles. The molecule has 0 N–H and O–H groups in total. The van der Waals surface area contributed by atoms with Gasteiger partial charge >= 0.3 is 0 Å². The van der Waals surface area contributed by atoms with E-state index in [0.29, 0.717) is 38.6 Å². The van der Waals surface area contributed by atoms with Gasteiger partial charge in [0.1, 0.15) is 11.9 Å². The van der Waals surface area contributed by atoms with Crippen molar-refractivity contribution in [3.8, 4) is 0 Å². The monoisotopic (exact) mass is 320 g/mol. The summed E-state index contributed by atoms with van der Waals surface area (Å²) in [6, 6.07) is 1.60. The minimum absolute atomic E-state index is 0.0294. The van der Waals surface area contributed by atoms with Crippen LogP contribution in [0, 0.1) is 0 Å². The summed E-state index contributed by atoms with van der Waals surface area (Å²) in [5.74, 6) is 0.710. The van der Waals surface area contributed by atoms with Gasteiger partial charge in [0.15, 0.2) is 0 Å². The van der Waals surface area contributed by atoms with Gasteiger partial charge in [-0.05, 0) is 33.4 Å². The van der Waals surface area contributed by atoms with Crippen molar-refractivity contribution >= 4 is 5.91 Å². The lowest BCUT2D eigenvalue weighted by molar-refractivity contribution is -0.141. The second-order valence-corrected chi connectivity index (χ2v) is 6.51. The number of carbonyl (C=O) groups is 1. The molecule has 0 aromatic carbocycles. The Hall–Kier alpha value is -1.73. The maximum atomic E-state index is 12.6. The highest BCUT2D eigenvalue weighted by molar-refractivity contribution is 5.81. The van der Waals surface area contributed by atoms with Gasteiger partial charge in [-0.1, -0.05) is 0 Å². The third-order valence-electron chi connectivity index (χ3n) is 4.28. The van der Waals surface area contributed by atoms with E-state index < -0.39 is 0 Å². The highest BCUT2D eigenvalue weighted by Crippen LogP contribution is 2.18. The predicted octanol–water partition coefficient (Wildman–Crippen LogP) is 0.216. The molecule has 1 aromatic rings. The molecule has 3 heterocycles. The molecule has 0 bridgehead atoms. The number of nitrogens with zero attached hydrogens (tertiary/aromatic N) is 4. The fourth-order valence-electron chi connectivity index (χ4n) is 3.20. The minimum Gasteiger partial charge on any atom is -0.368 e. The van der Waals surface area contributed by atoms with E-state index in [1.165, 1.54) is 0 Å². The molecule has 0 unspecified atom stereocenters. The maximum Gasteiger partial charge on any atom is 0.253 e. The normalized spacial score (nSPS) is 21.3. The van der Waals surface area contributed by atoms with Gasteiger partial charge < -0.3 is 14.5 Å². The van der Waals surface area contributed by atoms with Gasteiger partial charge in [-0.25, -0.2) is 4.98 Å². The third-order valence-corrected chi connectivity index (χ3v) is 4.28. The van der Waals surface area contributed by atoms with Crippen LogP contribution in [0.3, 0.4) is 0 Å². The summed E-state index contributed by atoms with van der Waals surface area (Å²) in [5, 5.41) is 0. The summed E-state index contributed by atoms with van der Waals surface area (Å²) in [5.41, 5.74) is 0.718. The number of carbonyl (C=O) groups excluding carboxylic acids is 1. The summed E-state index contributed by atoms with van der Waals surface area (Å²) in [6.45, 7) is 2.91. The van der Waals surface area contributed by atoms with Gasteiger partial charge in [0.2, 0.25) is 0 Å². The molecule has 1 atom stereocenters. The lowest BCUT2D eigenvalue weighted by Gasteiger charge is -2.23. The van der Waals surface area contributed by atoms with Crippen LogP contribution in [0.2, 0.25) is 0 Å². The molecule has 126 valence electrons. The average Bonchev–Trinajstić information content (AvgIpc) is 2.93. The highest BCUT2D eigenvalue weighted by atomic mass is 16.5. The van der Waals surface area contributed by atoms with Crippen LogP contribution in [0.15, 0.2) is 10.9 Å². The molecule has 0 spiro atoms. The Bertz CT molecular complexity index is 635. The summed E-state index contributed by atoms with van der Waals surface area (Å²) >= 11 is 0. The molecular formula is C16H24N4O3. The van der Waals surface area contributed by atoms with Gasteiger partial charge in [-0.15, -0.1) is 0 Å². The van der Waals surface area contributed by atoms with Gasteiger partial charge in [0.05, 0.1) is 12.2 Å². The van der Waals surface area contributed by atoms with Crippen molar-refractivity contribution in [3.63, 3.8) is 0 Å². The van der Waals surface area contributed by atoms with Crippen LogP contribution in [0.4, 0.5) is 0 Å². The van der Waals surface area contributed by atoms with Crippen molar-refractivity contribution in [2.75, 3.05) is 27.2 Å². The first-order chi connectivity index (χ1) is 11.0. The molecule has 7 nitrogen and oxygen atoms in total. The van der Waals surface area contributed by atoms with Gasteiger partial charge in [0.25, 0.3) is 11.5 Å². The van der Waals surface area contributed by atoms with E-state index in [2.05, 4.69) is 4.98 Å². The second-order valence-electron chi connectivity index (χ2n) is 6.51. The van der Waals surface area contributed by atoms with Crippen molar-refractivity contribution in [1.82, 2.24) is 19.4 Å². The Morgan fingerprint density at radius 1 is 1.39 bits per heavy atom. The molecule has 1 amide bonds. The zero-order chi connectivity index (χ0) is 16.4. The largest absolute Gasteiger partial charge is 0.368 e. The minimum atomic E-state index is -0.321. The second kappa shape index (κ2) is 6.80. The van der Waals surface area contributed by atoms with Crippen molar-refractivity contribution < 1.29 is 9.53 Å². The lowest BCUT2D eigenvalue weighted by atomic mass is 10.2. The Balaban J connectivity index is 1.84. The van der Waals surface area contributed by atoms with E-state index in [1.807, 2.05) is 19.0 Å². The summed E-state index contributed by atoms with van der Waals surface area (Å²) in [4.78, 5) is 33.3. The number of aromatic nitrogens is 2. The molecule has 1 aromatic heterocycles. The van der Waals surface area contributed by atoms with E-state index in [4.69, 9.17) is 4.74 Å². The molecular weight excluding hydrogens is 296 g/mol. The van der Waals surface area contributed by atoms with Crippen molar-refractivity contribution in [3.05, 3.63) is 27.9 Å². The van der Waals surface area contributed by atoms with Crippen LogP contribution in [0.5, 0.6) is 0 Å². The smallest absolute Gasteiger partial charge is 0.253 e. The Morgan fingerprint density at radius 3 is 2.91 bits per heavy atom.